The van der Waals surface area contributed by atoms with E-state index in [0.717, 1.165) is 27.2 Å². The van der Waals surface area contributed by atoms with E-state index in [2.05, 4.69) is 5.32 Å². The molecule has 0 bridgehead atoms. The molecule has 2 amide bonds. The number of esters is 1. The topological polar surface area (TPSA) is 159 Å². The fourth-order valence-electron chi connectivity index (χ4n) is 5.88. The van der Waals surface area contributed by atoms with Crippen molar-refractivity contribution in [2.75, 3.05) is 73.1 Å². The van der Waals surface area contributed by atoms with E-state index in [-0.39, 0.29) is 43.8 Å². The lowest BCUT2D eigenvalue weighted by atomic mass is 9.98. The van der Waals surface area contributed by atoms with Crippen LogP contribution in [-0.2, 0) is 44.4 Å². The Labute approximate surface area is 316 Å². The normalized spacial score (nSPS) is 12.7. The van der Waals surface area contributed by atoms with Gasteiger partial charge in [-0.3, -0.25) is 14.5 Å². The molecule has 0 heterocycles. The molecule has 54 heavy (non-hydrogen) atoms. The number of likely N-dealkylation sites (N-methyl/N-ethyl adjacent to an activating group) is 1. The first-order valence-electron chi connectivity index (χ1n) is 18.1. The number of carbonyl (C=O) groups excluding carboxylic acids is 3. The van der Waals surface area contributed by atoms with Crippen LogP contribution in [0.15, 0.2) is 72.8 Å². The molecule has 0 radical (unpaired) electrons. The molecule has 2 N–H and O–H groups in total. The van der Waals surface area contributed by atoms with Gasteiger partial charge in [0.25, 0.3) is 5.91 Å². The number of nitrogens with one attached hydrogen (secondary N) is 1. The maximum atomic E-state index is 13.1. The van der Waals surface area contributed by atoms with Crippen molar-refractivity contribution in [3.63, 3.8) is 0 Å². The van der Waals surface area contributed by atoms with Gasteiger partial charge in [0.05, 0.1) is 59.3 Å². The molecule has 0 unspecified atom stereocenters. The van der Waals surface area contributed by atoms with Crippen molar-refractivity contribution in [3.05, 3.63) is 95.1 Å². The number of amides is 2. The lowest BCUT2D eigenvalue weighted by Gasteiger charge is -2.25. The lowest BCUT2D eigenvalue weighted by molar-refractivity contribution is -0.156. The summed E-state index contributed by atoms with van der Waals surface area (Å²) in [6, 6.07) is 21.4. The summed E-state index contributed by atoms with van der Waals surface area (Å²) < 4.78 is 32.7. The Kier molecular flexibility index (Phi) is 16.4. The summed E-state index contributed by atoms with van der Waals surface area (Å²) in [4.78, 5) is 50.6. The number of carbonyl (C=O) groups is 4. The molecule has 0 saturated heterocycles. The minimum Gasteiger partial charge on any atom is -0.480 e. The van der Waals surface area contributed by atoms with Gasteiger partial charge in [-0.05, 0) is 60.7 Å². The molecule has 0 aliphatic heterocycles. The van der Waals surface area contributed by atoms with Crippen LogP contribution in [0.5, 0.6) is 0 Å². The minimum atomic E-state index is -1.17. The molecule has 292 valence electrons. The molecule has 3 aromatic rings. The van der Waals surface area contributed by atoms with E-state index in [9.17, 15) is 24.3 Å². The van der Waals surface area contributed by atoms with Crippen LogP contribution in [0.3, 0.4) is 0 Å². The molecule has 3 aromatic carbocycles. The third-order valence-electron chi connectivity index (χ3n) is 8.54. The molecule has 13 nitrogen and oxygen atoms in total. The Morgan fingerprint density at radius 2 is 1.26 bits per heavy atom. The zero-order valence-electron chi connectivity index (χ0n) is 31.5. The van der Waals surface area contributed by atoms with Crippen molar-refractivity contribution in [3.8, 4) is 11.1 Å². The van der Waals surface area contributed by atoms with Gasteiger partial charge in [0.2, 0.25) is 0 Å². The number of aliphatic carboxylic acids is 1. The molecular formula is C41H52N2O11. The second-order valence-electron chi connectivity index (χ2n) is 13.7. The van der Waals surface area contributed by atoms with E-state index in [1.54, 1.807) is 24.3 Å². The number of hydrogen-bond donors (Lipinski definition) is 2. The van der Waals surface area contributed by atoms with Gasteiger partial charge in [-0.15, -0.1) is 0 Å². The van der Waals surface area contributed by atoms with Crippen molar-refractivity contribution in [2.24, 2.45) is 0 Å². The van der Waals surface area contributed by atoms with Gasteiger partial charge in [-0.25, -0.2) is 9.59 Å². The second kappa shape index (κ2) is 21.2. The molecule has 0 spiro atoms. The average molecular weight is 749 g/mol. The Hall–Kier alpha value is -4.82. The summed E-state index contributed by atoms with van der Waals surface area (Å²) >= 11 is 0. The van der Waals surface area contributed by atoms with Crippen molar-refractivity contribution < 1.29 is 52.7 Å². The van der Waals surface area contributed by atoms with E-state index in [0.29, 0.717) is 63.9 Å². The standard InChI is InChI=1S/C41H52N2O11/c1-41(2,3)54-37(44)17-19-49-21-23-51-25-26-52-24-22-50-20-18-42-38(45)30-15-13-29(14-16-30)27-36(39(46)47)43(4)40(48)53-28-35-33-11-7-5-9-31(33)32-10-6-8-12-34(32)35/h5-16,35-36H,17-28H2,1-4H3,(H,42,45)(H,46,47)/t36-/m0/s1. The molecule has 0 saturated carbocycles. The van der Waals surface area contributed by atoms with Crippen LogP contribution < -0.4 is 5.32 Å². The largest absolute Gasteiger partial charge is 0.480 e. The molecule has 4 rings (SSSR count). The van der Waals surface area contributed by atoms with Crippen LogP contribution in [-0.4, -0.2) is 119 Å². The number of rotatable bonds is 22. The van der Waals surface area contributed by atoms with Gasteiger partial charge >= 0.3 is 18.0 Å². The first kappa shape index (κ1) is 41.9. The first-order chi connectivity index (χ1) is 25.9. The maximum Gasteiger partial charge on any atom is 0.410 e. The predicted molar refractivity (Wildman–Crippen MR) is 200 cm³/mol. The first-order valence-corrected chi connectivity index (χ1v) is 18.1. The number of hydrogen-bond acceptors (Lipinski definition) is 10. The Morgan fingerprint density at radius 1 is 0.741 bits per heavy atom. The van der Waals surface area contributed by atoms with Gasteiger partial charge in [-0.2, -0.15) is 0 Å². The minimum absolute atomic E-state index is 0.0335. The Bertz CT molecular complexity index is 1630. The van der Waals surface area contributed by atoms with Crippen LogP contribution in [0.4, 0.5) is 4.79 Å². The summed E-state index contributed by atoms with van der Waals surface area (Å²) in [5.41, 5.74) is 4.90. The van der Waals surface area contributed by atoms with Crippen molar-refractivity contribution in [1.29, 1.82) is 0 Å². The summed E-state index contributed by atoms with van der Waals surface area (Å²) in [7, 11) is 1.42. The molecular weight excluding hydrogens is 696 g/mol. The zero-order chi connectivity index (χ0) is 38.9. The number of carboxylic acid groups (broad SMARTS) is 1. The SMILES string of the molecule is CN(C(=O)OCC1c2ccccc2-c2ccccc21)[C@@H](Cc1ccc(C(=O)NCCOCCOCCOCCOCCC(=O)OC(C)(C)C)cc1)C(=O)O. The van der Waals surface area contributed by atoms with Crippen LogP contribution in [0, 0.1) is 0 Å². The fourth-order valence-corrected chi connectivity index (χ4v) is 5.88. The van der Waals surface area contributed by atoms with Gasteiger partial charge in [0.1, 0.15) is 18.2 Å². The van der Waals surface area contributed by atoms with Crippen LogP contribution in [0.2, 0.25) is 0 Å². The third kappa shape index (κ3) is 13.2. The zero-order valence-corrected chi connectivity index (χ0v) is 31.5. The highest BCUT2D eigenvalue weighted by Gasteiger charge is 2.32. The van der Waals surface area contributed by atoms with E-state index in [1.165, 1.54) is 7.05 Å². The number of fused-ring (bicyclic) bond motifs is 3. The quantitative estimate of drug-likeness (QED) is 0.104. The number of nitrogens with zero attached hydrogens (tertiary/aromatic N) is 1. The Morgan fingerprint density at radius 3 is 1.80 bits per heavy atom. The molecule has 1 aliphatic rings. The highest BCUT2D eigenvalue weighted by Crippen LogP contribution is 2.44. The average Bonchev–Trinajstić information content (AvgIpc) is 3.46. The number of benzene rings is 3. The summed E-state index contributed by atoms with van der Waals surface area (Å²) in [6.45, 7) is 8.70. The van der Waals surface area contributed by atoms with Gasteiger partial charge in [0, 0.05) is 31.5 Å². The molecule has 13 heteroatoms. The smallest absolute Gasteiger partial charge is 0.410 e. The maximum absolute atomic E-state index is 13.1. The van der Waals surface area contributed by atoms with Crippen LogP contribution in [0.25, 0.3) is 11.1 Å². The number of carboxylic acids is 1. The summed E-state index contributed by atoms with van der Waals surface area (Å²) in [5, 5.41) is 12.8. The molecule has 1 aliphatic carbocycles. The predicted octanol–water partition coefficient (Wildman–Crippen LogP) is 5.09. The molecule has 1 atom stereocenters. The van der Waals surface area contributed by atoms with E-state index in [4.69, 9.17) is 28.4 Å². The van der Waals surface area contributed by atoms with Crippen LogP contribution >= 0.6 is 0 Å². The lowest BCUT2D eigenvalue weighted by Crippen LogP contribution is -2.44. The van der Waals surface area contributed by atoms with Crippen molar-refractivity contribution >= 4 is 23.9 Å². The van der Waals surface area contributed by atoms with Crippen molar-refractivity contribution in [1.82, 2.24) is 10.2 Å². The Balaban J connectivity index is 1.06. The summed E-state index contributed by atoms with van der Waals surface area (Å²) in [5.74, 6) is -1.89. The fraction of sp³-hybridized carbons (Fsp3) is 0.463. The van der Waals surface area contributed by atoms with E-state index < -0.39 is 23.7 Å². The third-order valence-corrected chi connectivity index (χ3v) is 8.54. The van der Waals surface area contributed by atoms with E-state index in [1.807, 2.05) is 69.3 Å². The monoisotopic (exact) mass is 748 g/mol. The highest BCUT2D eigenvalue weighted by atomic mass is 16.6. The van der Waals surface area contributed by atoms with Crippen LogP contribution in [0.1, 0.15) is 60.2 Å². The molecule has 0 aromatic heterocycles. The molecule has 0 fully saturated rings. The number of ether oxygens (including phenoxy) is 6. The summed E-state index contributed by atoms with van der Waals surface area (Å²) in [6.07, 6.45) is -0.496. The van der Waals surface area contributed by atoms with Gasteiger partial charge in [-0.1, -0.05) is 60.7 Å². The van der Waals surface area contributed by atoms with Crippen molar-refractivity contribution in [2.45, 2.75) is 51.2 Å². The van der Waals surface area contributed by atoms with Gasteiger partial charge in [0.15, 0.2) is 0 Å². The second-order valence-corrected chi connectivity index (χ2v) is 13.7. The van der Waals surface area contributed by atoms with Gasteiger partial charge < -0.3 is 38.8 Å². The van der Waals surface area contributed by atoms with E-state index >= 15 is 0 Å². The highest BCUT2D eigenvalue weighted by molar-refractivity contribution is 5.94.